The topological polar surface area (TPSA) is 41.6 Å². The van der Waals surface area contributed by atoms with E-state index in [-0.39, 0.29) is 5.91 Å². The number of halogens is 1. The number of nitrogens with one attached hydrogen (secondary N) is 1. The lowest BCUT2D eigenvalue weighted by molar-refractivity contribution is -0.115. The Morgan fingerprint density at radius 2 is 2.14 bits per heavy atom. The van der Waals surface area contributed by atoms with E-state index in [9.17, 15) is 4.79 Å². The molecule has 110 valence electrons. The second-order valence-electron chi connectivity index (χ2n) is 4.65. The molecule has 2 fully saturated rings. The average Bonchev–Trinajstić information content (AvgIpc) is 2.78. The van der Waals surface area contributed by atoms with Crippen molar-refractivity contribution in [2.24, 2.45) is 0 Å². The van der Waals surface area contributed by atoms with Gasteiger partial charge >= 0.3 is 0 Å². The molecule has 0 unspecified atom stereocenters. The standard InChI is InChI=1S/C14H13BrN2O2S2/c15-10-1-2-11(17-3-5-19-6-4-17)9(7-10)8-12-13(18)16-14(20)21-12/h1-2,7-8H,3-6H2,(H,16,18,20). The number of rotatable bonds is 2. The zero-order valence-corrected chi connectivity index (χ0v) is 14.3. The zero-order chi connectivity index (χ0) is 14.8. The Hall–Kier alpha value is -0.890. The molecule has 0 atom stereocenters. The molecule has 0 bridgehead atoms. The molecule has 21 heavy (non-hydrogen) atoms. The first kappa shape index (κ1) is 15.0. The van der Waals surface area contributed by atoms with Crippen molar-refractivity contribution in [3.8, 4) is 0 Å². The number of hydrogen-bond donors (Lipinski definition) is 1. The van der Waals surface area contributed by atoms with Crippen LogP contribution in [0.4, 0.5) is 5.69 Å². The number of nitrogens with zero attached hydrogens (tertiary/aromatic N) is 1. The average molecular weight is 385 g/mol. The van der Waals surface area contributed by atoms with Gasteiger partial charge < -0.3 is 15.0 Å². The molecule has 1 aromatic rings. The number of carbonyl (C=O) groups excluding carboxylic acids is 1. The molecular weight excluding hydrogens is 372 g/mol. The number of anilines is 1. The first-order valence-electron chi connectivity index (χ1n) is 6.50. The molecule has 2 aliphatic heterocycles. The van der Waals surface area contributed by atoms with Crippen molar-refractivity contribution in [1.82, 2.24) is 5.32 Å². The Morgan fingerprint density at radius 1 is 1.38 bits per heavy atom. The van der Waals surface area contributed by atoms with E-state index < -0.39 is 0 Å². The lowest BCUT2D eigenvalue weighted by Crippen LogP contribution is -2.36. The van der Waals surface area contributed by atoms with Gasteiger partial charge in [-0.05, 0) is 24.3 Å². The Morgan fingerprint density at radius 3 is 2.81 bits per heavy atom. The molecule has 0 radical (unpaired) electrons. The predicted octanol–water partition coefficient (Wildman–Crippen LogP) is 2.77. The van der Waals surface area contributed by atoms with Crippen molar-refractivity contribution in [2.45, 2.75) is 0 Å². The quantitative estimate of drug-likeness (QED) is 0.627. The van der Waals surface area contributed by atoms with Gasteiger partial charge in [0.05, 0.1) is 18.1 Å². The summed E-state index contributed by atoms with van der Waals surface area (Å²) in [6, 6.07) is 6.10. The Balaban J connectivity index is 1.96. The van der Waals surface area contributed by atoms with E-state index in [4.69, 9.17) is 17.0 Å². The van der Waals surface area contributed by atoms with Crippen molar-refractivity contribution in [3.05, 3.63) is 33.1 Å². The summed E-state index contributed by atoms with van der Waals surface area (Å²) >= 11 is 9.82. The minimum atomic E-state index is -0.127. The summed E-state index contributed by atoms with van der Waals surface area (Å²) < 4.78 is 6.89. The van der Waals surface area contributed by atoms with Gasteiger partial charge in [-0.15, -0.1) is 0 Å². The summed E-state index contributed by atoms with van der Waals surface area (Å²) in [7, 11) is 0. The summed E-state index contributed by atoms with van der Waals surface area (Å²) in [5.41, 5.74) is 2.12. The number of ether oxygens (including phenoxy) is 1. The minimum Gasteiger partial charge on any atom is -0.378 e. The van der Waals surface area contributed by atoms with Gasteiger partial charge in [-0.1, -0.05) is 39.9 Å². The largest absolute Gasteiger partial charge is 0.378 e. The number of morpholine rings is 1. The van der Waals surface area contributed by atoms with Crippen LogP contribution in [0.15, 0.2) is 27.6 Å². The van der Waals surface area contributed by atoms with Crippen LogP contribution >= 0.6 is 39.9 Å². The van der Waals surface area contributed by atoms with Crippen LogP contribution in [0, 0.1) is 0 Å². The fourth-order valence-corrected chi connectivity index (χ4v) is 3.71. The van der Waals surface area contributed by atoms with Crippen molar-refractivity contribution in [1.29, 1.82) is 0 Å². The van der Waals surface area contributed by atoms with Gasteiger partial charge in [0.25, 0.3) is 5.91 Å². The van der Waals surface area contributed by atoms with Crippen molar-refractivity contribution in [3.63, 3.8) is 0 Å². The van der Waals surface area contributed by atoms with E-state index in [0.717, 1.165) is 42.0 Å². The Bertz CT molecular complexity index is 627. The third-order valence-corrected chi connectivity index (χ3v) is 4.93. The van der Waals surface area contributed by atoms with Crippen LogP contribution in [0.2, 0.25) is 0 Å². The molecule has 0 saturated carbocycles. The molecule has 0 spiro atoms. The van der Waals surface area contributed by atoms with Gasteiger partial charge in [0, 0.05) is 28.8 Å². The maximum absolute atomic E-state index is 11.8. The molecule has 0 aromatic heterocycles. The van der Waals surface area contributed by atoms with E-state index >= 15 is 0 Å². The molecule has 1 aromatic carbocycles. The number of carbonyl (C=O) groups is 1. The van der Waals surface area contributed by atoms with Crippen LogP contribution < -0.4 is 10.2 Å². The van der Waals surface area contributed by atoms with E-state index in [1.54, 1.807) is 0 Å². The van der Waals surface area contributed by atoms with E-state index in [2.05, 4.69) is 32.2 Å². The van der Waals surface area contributed by atoms with Crippen molar-refractivity contribution < 1.29 is 9.53 Å². The lowest BCUT2D eigenvalue weighted by Gasteiger charge is -2.30. The first-order chi connectivity index (χ1) is 10.1. The van der Waals surface area contributed by atoms with Crippen LogP contribution in [0.1, 0.15) is 5.56 Å². The zero-order valence-electron chi connectivity index (χ0n) is 11.1. The van der Waals surface area contributed by atoms with Crippen LogP contribution in [0.3, 0.4) is 0 Å². The van der Waals surface area contributed by atoms with E-state index in [0.29, 0.717) is 9.23 Å². The summed E-state index contributed by atoms with van der Waals surface area (Å²) in [6.45, 7) is 3.17. The summed E-state index contributed by atoms with van der Waals surface area (Å²) in [4.78, 5) is 14.7. The Labute approximate surface area is 141 Å². The Kier molecular flexibility index (Phi) is 4.63. The van der Waals surface area contributed by atoms with Gasteiger partial charge in [0.15, 0.2) is 0 Å². The van der Waals surface area contributed by atoms with Crippen molar-refractivity contribution >= 4 is 61.9 Å². The van der Waals surface area contributed by atoms with E-state index in [1.807, 2.05) is 18.2 Å². The molecule has 1 N–H and O–H groups in total. The van der Waals surface area contributed by atoms with Gasteiger partial charge in [-0.2, -0.15) is 0 Å². The molecule has 3 rings (SSSR count). The number of amides is 1. The number of hydrogen-bond acceptors (Lipinski definition) is 5. The molecule has 4 nitrogen and oxygen atoms in total. The molecule has 0 aliphatic carbocycles. The molecular formula is C14H13BrN2O2S2. The normalized spacial score (nSPS) is 21.0. The minimum absolute atomic E-state index is 0.127. The fourth-order valence-electron chi connectivity index (χ4n) is 2.30. The highest BCUT2D eigenvalue weighted by Crippen LogP contribution is 2.31. The van der Waals surface area contributed by atoms with Crippen LogP contribution in [0.5, 0.6) is 0 Å². The fraction of sp³-hybridized carbons (Fsp3) is 0.286. The van der Waals surface area contributed by atoms with Gasteiger partial charge in [0.1, 0.15) is 4.32 Å². The molecule has 2 heterocycles. The van der Waals surface area contributed by atoms with Gasteiger partial charge in [-0.25, -0.2) is 0 Å². The first-order valence-corrected chi connectivity index (χ1v) is 8.52. The second kappa shape index (κ2) is 6.48. The van der Waals surface area contributed by atoms with Crippen LogP contribution in [0.25, 0.3) is 6.08 Å². The van der Waals surface area contributed by atoms with Gasteiger partial charge in [-0.3, -0.25) is 4.79 Å². The smallest absolute Gasteiger partial charge is 0.263 e. The molecule has 2 aliphatic rings. The lowest BCUT2D eigenvalue weighted by atomic mass is 10.1. The van der Waals surface area contributed by atoms with Crippen LogP contribution in [-0.2, 0) is 9.53 Å². The molecule has 7 heteroatoms. The van der Waals surface area contributed by atoms with Gasteiger partial charge in [0.2, 0.25) is 0 Å². The molecule has 2 saturated heterocycles. The number of benzene rings is 1. The number of thiocarbonyl (C=S) groups is 1. The highest BCUT2D eigenvalue weighted by atomic mass is 79.9. The third-order valence-electron chi connectivity index (χ3n) is 3.27. The maximum Gasteiger partial charge on any atom is 0.263 e. The second-order valence-corrected chi connectivity index (χ2v) is 7.29. The highest BCUT2D eigenvalue weighted by Gasteiger charge is 2.23. The monoisotopic (exact) mass is 384 g/mol. The summed E-state index contributed by atoms with van der Waals surface area (Å²) in [5, 5.41) is 2.64. The summed E-state index contributed by atoms with van der Waals surface area (Å²) in [6.07, 6.45) is 1.90. The SMILES string of the molecule is O=C1NC(=S)SC1=Cc1cc(Br)ccc1N1CCOCC1. The van der Waals surface area contributed by atoms with E-state index in [1.165, 1.54) is 11.8 Å². The number of thioether (sulfide) groups is 1. The molecule has 1 amide bonds. The predicted molar refractivity (Wildman–Crippen MR) is 93.5 cm³/mol. The third kappa shape index (κ3) is 3.48. The van der Waals surface area contributed by atoms with Crippen LogP contribution in [-0.4, -0.2) is 36.5 Å². The highest BCUT2D eigenvalue weighted by molar-refractivity contribution is 9.10. The summed E-state index contributed by atoms with van der Waals surface area (Å²) in [5.74, 6) is -0.127. The maximum atomic E-state index is 11.8. The van der Waals surface area contributed by atoms with Crippen molar-refractivity contribution in [2.75, 3.05) is 31.2 Å².